The Morgan fingerprint density at radius 2 is 1.72 bits per heavy atom. The van der Waals surface area contributed by atoms with Crippen LogP contribution in [0.3, 0.4) is 0 Å². The maximum absolute atomic E-state index is 13.1. The minimum Gasteiger partial charge on any atom is -0.507 e. The van der Waals surface area contributed by atoms with Crippen molar-refractivity contribution in [2.24, 2.45) is 0 Å². The van der Waals surface area contributed by atoms with E-state index in [1.54, 1.807) is 36.4 Å². The molecule has 1 aliphatic rings. The molecule has 1 amide bonds. The van der Waals surface area contributed by atoms with E-state index in [0.29, 0.717) is 23.7 Å². The smallest absolute Gasteiger partial charge is 0.296 e. The normalized spacial score (nSPS) is 16.9. The number of aryl methyl sites for hydroxylation is 1. The number of likely N-dealkylation sites (tertiary alicyclic amines) is 1. The van der Waals surface area contributed by atoms with Gasteiger partial charge in [-0.15, -0.1) is 0 Å². The van der Waals surface area contributed by atoms with Gasteiger partial charge in [-0.25, -0.2) is 0 Å². The first-order chi connectivity index (χ1) is 17.5. The van der Waals surface area contributed by atoms with Crippen molar-refractivity contribution in [3.8, 4) is 5.75 Å². The van der Waals surface area contributed by atoms with Crippen molar-refractivity contribution in [2.75, 3.05) is 0 Å². The molecule has 4 aromatic rings. The van der Waals surface area contributed by atoms with E-state index in [0.717, 1.165) is 16.7 Å². The number of rotatable bonds is 7. The van der Waals surface area contributed by atoms with Gasteiger partial charge in [-0.1, -0.05) is 60.2 Å². The summed E-state index contributed by atoms with van der Waals surface area (Å²) < 4.78 is 11.3. The number of aliphatic hydroxyl groups is 1. The number of ketones is 1. The monoisotopic (exact) mass is 479 g/mol. The molecule has 1 N–H and O–H groups in total. The van der Waals surface area contributed by atoms with Gasteiger partial charge in [-0.05, 0) is 54.4 Å². The Hall–Kier alpha value is -4.58. The van der Waals surface area contributed by atoms with Gasteiger partial charge >= 0.3 is 0 Å². The van der Waals surface area contributed by atoms with Gasteiger partial charge in [-0.3, -0.25) is 9.59 Å². The molecular weight excluding hydrogens is 454 g/mol. The number of Topliss-reactive ketones (excluding diaryl/α,β-unsaturated/α-hetero) is 1. The number of carbonyl (C=O) groups excluding carboxylic acids is 2. The standard InChI is InChI=1S/C30H25NO5/c1-20-7-5-8-21(17-20)19-36-24-14-12-23(13-15-24)28(32)26-27(22-9-3-2-4-10-22)31(30(34)29(26)33)18-25-11-6-16-35-25/h2-17,27,32H,18-19H2,1H3/t27-/m1/s1. The zero-order chi connectivity index (χ0) is 25.1. The zero-order valence-electron chi connectivity index (χ0n) is 19.8. The van der Waals surface area contributed by atoms with Crippen LogP contribution >= 0.6 is 0 Å². The lowest BCUT2D eigenvalue weighted by Gasteiger charge is -2.24. The Balaban J connectivity index is 1.45. The number of hydrogen-bond acceptors (Lipinski definition) is 5. The molecule has 2 heterocycles. The molecule has 1 fully saturated rings. The lowest BCUT2D eigenvalue weighted by atomic mass is 9.95. The summed E-state index contributed by atoms with van der Waals surface area (Å²) in [4.78, 5) is 27.6. The summed E-state index contributed by atoms with van der Waals surface area (Å²) >= 11 is 0. The maximum atomic E-state index is 13.1. The van der Waals surface area contributed by atoms with Crippen molar-refractivity contribution in [3.05, 3.63) is 131 Å². The second-order valence-corrected chi connectivity index (χ2v) is 8.72. The van der Waals surface area contributed by atoms with Crippen LogP contribution in [0.4, 0.5) is 0 Å². The third kappa shape index (κ3) is 4.66. The molecule has 5 rings (SSSR count). The largest absolute Gasteiger partial charge is 0.507 e. The average molecular weight is 480 g/mol. The molecule has 0 bridgehead atoms. The number of aliphatic hydroxyl groups excluding tert-OH is 1. The van der Waals surface area contributed by atoms with Crippen molar-refractivity contribution in [2.45, 2.75) is 26.1 Å². The molecule has 0 unspecified atom stereocenters. The molecule has 1 saturated heterocycles. The molecule has 1 atom stereocenters. The van der Waals surface area contributed by atoms with Crippen LogP contribution in [0.1, 0.15) is 34.1 Å². The van der Waals surface area contributed by atoms with Gasteiger partial charge in [0.25, 0.3) is 11.7 Å². The van der Waals surface area contributed by atoms with Crippen LogP contribution in [-0.4, -0.2) is 21.7 Å². The minimum absolute atomic E-state index is 0.0474. The quantitative estimate of drug-likeness (QED) is 0.206. The van der Waals surface area contributed by atoms with Crippen molar-refractivity contribution in [1.82, 2.24) is 4.90 Å². The van der Waals surface area contributed by atoms with Gasteiger partial charge in [0.05, 0.1) is 24.4 Å². The number of ether oxygens (including phenoxy) is 1. The van der Waals surface area contributed by atoms with E-state index in [1.165, 1.54) is 11.2 Å². The van der Waals surface area contributed by atoms with Crippen LogP contribution in [0.25, 0.3) is 5.76 Å². The van der Waals surface area contributed by atoms with Crippen LogP contribution in [0.2, 0.25) is 0 Å². The molecule has 36 heavy (non-hydrogen) atoms. The van der Waals surface area contributed by atoms with Crippen molar-refractivity contribution >= 4 is 17.4 Å². The van der Waals surface area contributed by atoms with E-state index >= 15 is 0 Å². The second-order valence-electron chi connectivity index (χ2n) is 8.72. The topological polar surface area (TPSA) is 80.0 Å². The molecule has 180 valence electrons. The van der Waals surface area contributed by atoms with Crippen LogP contribution in [-0.2, 0) is 22.7 Å². The highest BCUT2D eigenvalue weighted by molar-refractivity contribution is 6.46. The first-order valence-corrected chi connectivity index (χ1v) is 11.7. The first-order valence-electron chi connectivity index (χ1n) is 11.7. The number of amides is 1. The Bertz CT molecular complexity index is 1410. The lowest BCUT2D eigenvalue weighted by molar-refractivity contribution is -0.140. The number of carbonyl (C=O) groups is 2. The van der Waals surface area contributed by atoms with Gasteiger partial charge in [0.2, 0.25) is 0 Å². The molecule has 1 aromatic heterocycles. The van der Waals surface area contributed by atoms with E-state index < -0.39 is 17.7 Å². The summed E-state index contributed by atoms with van der Waals surface area (Å²) in [6.07, 6.45) is 1.52. The molecule has 6 nitrogen and oxygen atoms in total. The van der Waals surface area contributed by atoms with E-state index in [9.17, 15) is 14.7 Å². The van der Waals surface area contributed by atoms with Gasteiger partial charge < -0.3 is 19.2 Å². The first kappa shape index (κ1) is 23.2. The van der Waals surface area contributed by atoms with E-state index in [-0.39, 0.29) is 17.9 Å². The number of furan rings is 1. The summed E-state index contributed by atoms with van der Waals surface area (Å²) in [6.45, 7) is 2.56. The van der Waals surface area contributed by atoms with Crippen LogP contribution in [0.5, 0.6) is 5.75 Å². The second kappa shape index (κ2) is 9.96. The molecule has 0 saturated carbocycles. The van der Waals surface area contributed by atoms with E-state index in [1.807, 2.05) is 55.5 Å². The van der Waals surface area contributed by atoms with E-state index in [4.69, 9.17) is 9.15 Å². The van der Waals surface area contributed by atoms with Crippen LogP contribution in [0, 0.1) is 6.92 Å². The molecule has 1 aliphatic heterocycles. The molecule has 0 aliphatic carbocycles. The Labute approximate surface area is 209 Å². The van der Waals surface area contributed by atoms with Gasteiger partial charge in [-0.2, -0.15) is 0 Å². The van der Waals surface area contributed by atoms with Gasteiger partial charge in [0, 0.05) is 5.56 Å². The highest BCUT2D eigenvalue weighted by atomic mass is 16.5. The predicted octanol–water partition coefficient (Wildman–Crippen LogP) is 5.79. The molecule has 6 heteroatoms. The van der Waals surface area contributed by atoms with E-state index in [2.05, 4.69) is 6.07 Å². The Morgan fingerprint density at radius 3 is 2.42 bits per heavy atom. The predicted molar refractivity (Wildman–Crippen MR) is 135 cm³/mol. The summed E-state index contributed by atoms with van der Waals surface area (Å²) in [5.74, 6) is -0.458. The fourth-order valence-electron chi connectivity index (χ4n) is 4.43. The van der Waals surface area contributed by atoms with Gasteiger partial charge in [0.15, 0.2) is 0 Å². The highest BCUT2D eigenvalue weighted by Crippen LogP contribution is 2.40. The maximum Gasteiger partial charge on any atom is 0.296 e. The Morgan fingerprint density at radius 1 is 0.944 bits per heavy atom. The average Bonchev–Trinajstić information content (AvgIpc) is 3.50. The molecule has 0 radical (unpaired) electrons. The third-order valence-corrected chi connectivity index (χ3v) is 6.18. The summed E-state index contributed by atoms with van der Waals surface area (Å²) in [5, 5.41) is 11.2. The molecule has 3 aromatic carbocycles. The van der Waals surface area contributed by atoms with Crippen molar-refractivity contribution in [1.29, 1.82) is 0 Å². The zero-order valence-corrected chi connectivity index (χ0v) is 19.8. The van der Waals surface area contributed by atoms with Gasteiger partial charge in [0.1, 0.15) is 23.9 Å². The van der Waals surface area contributed by atoms with Crippen molar-refractivity contribution in [3.63, 3.8) is 0 Å². The van der Waals surface area contributed by atoms with Crippen LogP contribution < -0.4 is 4.74 Å². The molecular formula is C30H25NO5. The lowest BCUT2D eigenvalue weighted by Crippen LogP contribution is -2.29. The number of nitrogens with zero attached hydrogens (tertiary/aromatic N) is 1. The summed E-state index contributed by atoms with van der Waals surface area (Å²) in [6, 6.07) is 26.8. The fraction of sp³-hybridized carbons (Fsp3) is 0.133. The summed E-state index contributed by atoms with van der Waals surface area (Å²) in [7, 11) is 0. The minimum atomic E-state index is -0.742. The Kier molecular flexibility index (Phi) is 6.41. The number of benzene rings is 3. The number of hydrogen-bond donors (Lipinski definition) is 1. The summed E-state index contributed by atoms with van der Waals surface area (Å²) in [5.41, 5.74) is 3.42. The van der Waals surface area contributed by atoms with Crippen LogP contribution in [0.15, 0.2) is 107 Å². The third-order valence-electron chi connectivity index (χ3n) is 6.18. The molecule has 0 spiro atoms. The highest BCUT2D eigenvalue weighted by Gasteiger charge is 2.46. The van der Waals surface area contributed by atoms with Crippen molar-refractivity contribution < 1.29 is 23.8 Å². The SMILES string of the molecule is Cc1cccc(COc2ccc(C(O)=C3C(=O)C(=O)N(Cc4ccco4)[C@@H]3c3ccccc3)cc2)c1. The fourth-order valence-corrected chi connectivity index (χ4v) is 4.43.